The van der Waals surface area contributed by atoms with Crippen LogP contribution in [0.5, 0.6) is 5.88 Å². The minimum Gasteiger partial charge on any atom is -0.493 e. The smallest absolute Gasteiger partial charge is 0.279 e. The first kappa shape index (κ1) is 20.1. The van der Waals surface area contributed by atoms with E-state index in [4.69, 9.17) is 5.14 Å². The van der Waals surface area contributed by atoms with E-state index >= 15 is 0 Å². The number of hydrogen-bond acceptors (Lipinski definition) is 6. The second-order valence-corrected chi connectivity index (χ2v) is 8.90. The summed E-state index contributed by atoms with van der Waals surface area (Å²) < 4.78 is 38.3. The molecule has 3 N–H and O–H groups in total. The summed E-state index contributed by atoms with van der Waals surface area (Å²) in [5.74, 6) is -1.44. The highest BCUT2D eigenvalue weighted by Crippen LogP contribution is 2.29. The summed E-state index contributed by atoms with van der Waals surface area (Å²) in [6.07, 6.45) is 0. The molecule has 0 saturated carbocycles. The lowest BCUT2D eigenvalue weighted by Crippen LogP contribution is -2.26. The summed E-state index contributed by atoms with van der Waals surface area (Å²) >= 11 is 1.05. The fourth-order valence-corrected chi connectivity index (χ4v) is 4.76. The number of amides is 1. The van der Waals surface area contributed by atoms with E-state index in [0.717, 1.165) is 11.3 Å². The van der Waals surface area contributed by atoms with Crippen LogP contribution in [0.1, 0.15) is 11.8 Å². The second-order valence-electron chi connectivity index (χ2n) is 6.36. The SMILES string of the molecule is CCn1c(O)c(C2=c3cccc(F)c3=NC2=O)sc1=Nc1ccc(S(N)(=O)=O)cc1. The number of para-hydroxylation sites is 1. The average molecular weight is 446 g/mol. The van der Waals surface area contributed by atoms with Crippen LogP contribution in [-0.2, 0) is 21.4 Å². The normalized spacial score (nSPS) is 14.2. The van der Waals surface area contributed by atoms with Crippen molar-refractivity contribution < 1.29 is 22.7 Å². The average Bonchev–Trinajstić information content (AvgIpc) is 3.18. The molecular formula is C19H15FN4O4S2. The Morgan fingerprint density at radius 2 is 1.93 bits per heavy atom. The topological polar surface area (TPSA) is 127 Å². The maximum atomic E-state index is 14.0. The van der Waals surface area contributed by atoms with Crippen LogP contribution in [0.3, 0.4) is 0 Å². The van der Waals surface area contributed by atoms with Gasteiger partial charge in [-0.25, -0.2) is 27.9 Å². The minimum atomic E-state index is -3.82. The molecule has 1 aliphatic rings. The van der Waals surface area contributed by atoms with Crippen molar-refractivity contribution >= 4 is 38.5 Å². The number of benzene rings is 2. The molecule has 0 saturated heterocycles. The van der Waals surface area contributed by atoms with Crippen molar-refractivity contribution in [3.05, 3.63) is 68.5 Å². The van der Waals surface area contributed by atoms with Crippen LogP contribution in [-0.4, -0.2) is 24.0 Å². The summed E-state index contributed by atoms with van der Waals surface area (Å²) in [6.45, 7) is 2.14. The van der Waals surface area contributed by atoms with Crippen molar-refractivity contribution in [3.8, 4) is 5.88 Å². The number of sulfonamides is 1. The zero-order valence-corrected chi connectivity index (χ0v) is 17.2. The van der Waals surface area contributed by atoms with Crippen LogP contribution in [0.25, 0.3) is 5.57 Å². The van der Waals surface area contributed by atoms with E-state index in [2.05, 4.69) is 9.98 Å². The third-order valence-electron chi connectivity index (χ3n) is 4.50. The largest absolute Gasteiger partial charge is 0.493 e. The van der Waals surface area contributed by atoms with E-state index in [1.54, 1.807) is 13.0 Å². The Hall–Kier alpha value is -3.15. The highest BCUT2D eigenvalue weighted by Gasteiger charge is 2.26. The summed E-state index contributed by atoms with van der Waals surface area (Å²) in [5.41, 5.74) is 0.538. The first-order valence-electron chi connectivity index (χ1n) is 8.73. The molecule has 154 valence electrons. The number of fused-ring (bicyclic) bond motifs is 1. The fourth-order valence-electron chi connectivity index (χ4n) is 3.08. The molecule has 2 aromatic carbocycles. The molecular weight excluding hydrogens is 431 g/mol. The Bertz CT molecular complexity index is 1490. The van der Waals surface area contributed by atoms with E-state index < -0.39 is 21.7 Å². The number of nitrogens with two attached hydrogens (primary N) is 1. The lowest BCUT2D eigenvalue weighted by molar-refractivity contribution is -0.112. The van der Waals surface area contributed by atoms with Crippen molar-refractivity contribution in [2.75, 3.05) is 0 Å². The van der Waals surface area contributed by atoms with Crippen LogP contribution in [0.2, 0.25) is 0 Å². The summed E-state index contributed by atoms with van der Waals surface area (Å²) in [7, 11) is -3.82. The van der Waals surface area contributed by atoms with Gasteiger partial charge in [0, 0.05) is 11.8 Å². The highest BCUT2D eigenvalue weighted by atomic mass is 32.2. The first-order chi connectivity index (χ1) is 14.2. The second kappa shape index (κ2) is 7.27. The number of aromatic hydroxyl groups is 1. The Morgan fingerprint density at radius 1 is 1.23 bits per heavy atom. The van der Waals surface area contributed by atoms with E-state index in [0.29, 0.717) is 22.3 Å². The van der Waals surface area contributed by atoms with Crippen molar-refractivity contribution in [2.45, 2.75) is 18.4 Å². The third kappa shape index (κ3) is 3.36. The number of thiazole rings is 1. The van der Waals surface area contributed by atoms with Gasteiger partial charge in [-0.15, -0.1) is 0 Å². The van der Waals surface area contributed by atoms with Gasteiger partial charge in [-0.3, -0.25) is 9.36 Å². The molecule has 0 bridgehead atoms. The van der Waals surface area contributed by atoms with Gasteiger partial charge in [0.2, 0.25) is 15.9 Å². The van der Waals surface area contributed by atoms with Gasteiger partial charge in [0.1, 0.15) is 16.1 Å². The highest BCUT2D eigenvalue weighted by molar-refractivity contribution is 7.89. The number of carbonyl (C=O) groups excluding carboxylic acids is 1. The predicted molar refractivity (Wildman–Crippen MR) is 107 cm³/mol. The number of nitrogens with zero attached hydrogens (tertiary/aromatic N) is 3. The lowest BCUT2D eigenvalue weighted by Gasteiger charge is -2.02. The van der Waals surface area contributed by atoms with Crippen LogP contribution < -0.4 is 20.5 Å². The number of halogens is 1. The number of carbonyl (C=O) groups is 1. The molecule has 0 unspecified atom stereocenters. The van der Waals surface area contributed by atoms with Gasteiger partial charge in [0.05, 0.1) is 16.2 Å². The lowest BCUT2D eigenvalue weighted by atomic mass is 10.1. The zero-order valence-electron chi connectivity index (χ0n) is 15.5. The fraction of sp³-hybridized carbons (Fsp3) is 0.105. The van der Waals surface area contributed by atoms with Gasteiger partial charge in [0.25, 0.3) is 5.91 Å². The zero-order chi connectivity index (χ0) is 21.6. The number of hydrogen-bond donors (Lipinski definition) is 2. The van der Waals surface area contributed by atoms with Crippen LogP contribution in [0.4, 0.5) is 10.1 Å². The summed E-state index contributed by atoms with van der Waals surface area (Å²) in [6, 6.07) is 9.86. The number of rotatable bonds is 4. The number of primary sulfonamides is 1. The van der Waals surface area contributed by atoms with Gasteiger partial charge in [0.15, 0.2) is 4.80 Å². The molecule has 0 spiro atoms. The Kier molecular flexibility index (Phi) is 4.88. The molecule has 0 fully saturated rings. The molecule has 0 atom stereocenters. The molecule has 1 amide bonds. The molecule has 1 aromatic heterocycles. The summed E-state index contributed by atoms with van der Waals surface area (Å²) in [5, 5.41) is 16.1. The van der Waals surface area contributed by atoms with Crippen LogP contribution >= 0.6 is 11.3 Å². The predicted octanol–water partition coefficient (Wildman–Crippen LogP) is 0.653. The quantitative estimate of drug-likeness (QED) is 0.610. The maximum absolute atomic E-state index is 14.0. The van der Waals surface area contributed by atoms with Gasteiger partial charge >= 0.3 is 0 Å². The van der Waals surface area contributed by atoms with Gasteiger partial charge in [-0.05, 0) is 37.3 Å². The van der Waals surface area contributed by atoms with Gasteiger partial charge in [-0.2, -0.15) is 0 Å². The van der Waals surface area contributed by atoms with E-state index in [-0.39, 0.29) is 26.6 Å². The standard InChI is InChI=1S/C19H15FN4O4S2/c1-2-24-18(26)16(14-12-4-3-5-13(20)15(12)23-17(14)25)29-19(24)22-10-6-8-11(9-7-10)30(21,27)28/h3-9,26H,2H2,1H3,(H2,21,27,28). The van der Waals surface area contributed by atoms with Crippen molar-refractivity contribution in [2.24, 2.45) is 15.1 Å². The molecule has 1 aliphatic heterocycles. The first-order valence-corrected chi connectivity index (χ1v) is 11.1. The molecule has 30 heavy (non-hydrogen) atoms. The van der Waals surface area contributed by atoms with Crippen LogP contribution in [0, 0.1) is 5.82 Å². The maximum Gasteiger partial charge on any atom is 0.279 e. The Labute approximate surface area is 173 Å². The molecule has 3 aromatic rings. The number of aromatic nitrogens is 1. The molecule has 11 heteroatoms. The molecule has 8 nitrogen and oxygen atoms in total. The van der Waals surface area contributed by atoms with Crippen molar-refractivity contribution in [3.63, 3.8) is 0 Å². The molecule has 4 rings (SSSR count). The third-order valence-corrected chi connectivity index (χ3v) is 6.51. The molecule has 2 heterocycles. The molecule has 0 radical (unpaired) electrons. The summed E-state index contributed by atoms with van der Waals surface area (Å²) in [4.78, 5) is 21.2. The monoisotopic (exact) mass is 446 g/mol. The Balaban J connectivity index is 1.91. The molecule has 0 aliphatic carbocycles. The van der Waals surface area contributed by atoms with Gasteiger partial charge < -0.3 is 5.11 Å². The Morgan fingerprint density at radius 3 is 2.57 bits per heavy atom. The van der Waals surface area contributed by atoms with Crippen LogP contribution in [0.15, 0.2) is 57.3 Å². The minimum absolute atomic E-state index is 0.0492. The van der Waals surface area contributed by atoms with E-state index in [1.165, 1.54) is 41.0 Å². The van der Waals surface area contributed by atoms with E-state index in [1.807, 2.05) is 0 Å². The van der Waals surface area contributed by atoms with Gasteiger partial charge in [-0.1, -0.05) is 23.5 Å². The van der Waals surface area contributed by atoms with Crippen molar-refractivity contribution in [1.82, 2.24) is 4.57 Å². The van der Waals surface area contributed by atoms with E-state index in [9.17, 15) is 22.7 Å². The van der Waals surface area contributed by atoms with Crippen molar-refractivity contribution in [1.29, 1.82) is 0 Å².